The highest BCUT2D eigenvalue weighted by atomic mass is 35.5. The SMILES string of the molecule is C=CCN(Cc1nc(-c2ccc(Cl)cc2Cl)no1)C(=O)[C@@H]1CCCN(c2ccc(C)cc2)C1. The molecular formula is C25H26Cl2N4O2. The number of aryl methyl sites for hydroxylation is 1. The summed E-state index contributed by atoms with van der Waals surface area (Å²) in [5, 5.41) is 5.00. The van der Waals surface area contributed by atoms with Gasteiger partial charge in [0.1, 0.15) is 6.54 Å². The highest BCUT2D eigenvalue weighted by molar-refractivity contribution is 6.36. The Morgan fingerprint density at radius 3 is 2.79 bits per heavy atom. The summed E-state index contributed by atoms with van der Waals surface area (Å²) in [5.74, 6) is 0.669. The van der Waals surface area contributed by atoms with E-state index in [2.05, 4.69) is 52.8 Å². The van der Waals surface area contributed by atoms with Gasteiger partial charge in [0.2, 0.25) is 17.6 Å². The first kappa shape index (κ1) is 23.3. The Kier molecular flexibility index (Phi) is 7.36. The number of hydrogen-bond donors (Lipinski definition) is 0. The fraction of sp³-hybridized carbons (Fsp3) is 0.320. The lowest BCUT2D eigenvalue weighted by atomic mass is 9.95. The molecule has 8 heteroatoms. The minimum atomic E-state index is -0.104. The minimum absolute atomic E-state index is 0.0657. The normalized spacial score (nSPS) is 16.0. The predicted octanol–water partition coefficient (Wildman–Crippen LogP) is 5.78. The first-order chi connectivity index (χ1) is 15.9. The zero-order valence-electron chi connectivity index (χ0n) is 18.5. The van der Waals surface area contributed by atoms with Crippen molar-refractivity contribution in [2.24, 2.45) is 5.92 Å². The Hall–Kier alpha value is -2.83. The summed E-state index contributed by atoms with van der Waals surface area (Å²) in [6.07, 6.45) is 3.53. The van der Waals surface area contributed by atoms with Crippen LogP contribution in [0.2, 0.25) is 10.0 Å². The number of piperidine rings is 1. The maximum absolute atomic E-state index is 13.4. The van der Waals surface area contributed by atoms with Gasteiger partial charge in [-0.2, -0.15) is 4.98 Å². The van der Waals surface area contributed by atoms with Gasteiger partial charge in [0, 0.05) is 35.9 Å². The Bertz CT molecular complexity index is 1130. The molecule has 1 aliphatic heterocycles. The van der Waals surface area contributed by atoms with Crippen LogP contribution in [0.25, 0.3) is 11.4 Å². The Labute approximate surface area is 203 Å². The van der Waals surface area contributed by atoms with Gasteiger partial charge in [-0.05, 0) is 50.1 Å². The van der Waals surface area contributed by atoms with E-state index in [4.69, 9.17) is 27.7 Å². The summed E-state index contributed by atoms with van der Waals surface area (Å²) in [7, 11) is 0. The number of nitrogens with zero attached hydrogens (tertiary/aromatic N) is 4. The maximum atomic E-state index is 13.4. The van der Waals surface area contributed by atoms with Gasteiger partial charge in [-0.1, -0.05) is 52.1 Å². The molecular weight excluding hydrogens is 459 g/mol. The minimum Gasteiger partial charge on any atom is -0.371 e. The summed E-state index contributed by atoms with van der Waals surface area (Å²) < 4.78 is 5.43. The van der Waals surface area contributed by atoms with Gasteiger partial charge < -0.3 is 14.3 Å². The molecule has 2 aromatic carbocycles. The van der Waals surface area contributed by atoms with Gasteiger partial charge in [0.05, 0.1) is 10.9 Å². The molecule has 0 unspecified atom stereocenters. The molecule has 1 aromatic heterocycles. The van der Waals surface area contributed by atoms with Crippen molar-refractivity contribution in [2.75, 3.05) is 24.5 Å². The zero-order chi connectivity index (χ0) is 23.4. The van der Waals surface area contributed by atoms with Crippen LogP contribution in [0.15, 0.2) is 59.6 Å². The van der Waals surface area contributed by atoms with E-state index in [1.54, 1.807) is 29.2 Å². The molecule has 1 atom stereocenters. The molecule has 6 nitrogen and oxygen atoms in total. The number of benzene rings is 2. The van der Waals surface area contributed by atoms with Crippen LogP contribution in [0.3, 0.4) is 0 Å². The van der Waals surface area contributed by atoms with Gasteiger partial charge in [0.15, 0.2) is 0 Å². The number of carbonyl (C=O) groups excluding carboxylic acids is 1. The lowest BCUT2D eigenvalue weighted by Gasteiger charge is -2.35. The van der Waals surface area contributed by atoms with Crippen LogP contribution in [0.1, 0.15) is 24.3 Å². The lowest BCUT2D eigenvalue weighted by Crippen LogP contribution is -2.44. The largest absolute Gasteiger partial charge is 0.371 e. The van der Waals surface area contributed by atoms with Crippen LogP contribution in [-0.2, 0) is 11.3 Å². The molecule has 0 radical (unpaired) electrons. The number of carbonyl (C=O) groups is 1. The quantitative estimate of drug-likeness (QED) is 0.397. The predicted molar refractivity (Wildman–Crippen MR) is 131 cm³/mol. The van der Waals surface area contributed by atoms with Gasteiger partial charge >= 0.3 is 0 Å². The van der Waals surface area contributed by atoms with Gasteiger partial charge in [-0.15, -0.1) is 6.58 Å². The average Bonchev–Trinajstić information content (AvgIpc) is 3.27. The van der Waals surface area contributed by atoms with E-state index >= 15 is 0 Å². The molecule has 3 aromatic rings. The van der Waals surface area contributed by atoms with Gasteiger partial charge in [-0.25, -0.2) is 0 Å². The summed E-state index contributed by atoms with van der Waals surface area (Å²) in [5.41, 5.74) is 2.99. The first-order valence-corrected chi connectivity index (χ1v) is 11.7. The van der Waals surface area contributed by atoms with Crippen molar-refractivity contribution < 1.29 is 9.32 Å². The third kappa shape index (κ3) is 5.57. The molecule has 2 heterocycles. The van der Waals surface area contributed by atoms with Crippen LogP contribution in [0.5, 0.6) is 0 Å². The Morgan fingerprint density at radius 2 is 2.06 bits per heavy atom. The highest BCUT2D eigenvalue weighted by Crippen LogP contribution is 2.29. The molecule has 0 spiro atoms. The van der Waals surface area contributed by atoms with Crippen LogP contribution in [0, 0.1) is 12.8 Å². The Balaban J connectivity index is 1.47. The topological polar surface area (TPSA) is 62.5 Å². The van der Waals surface area contributed by atoms with E-state index in [0.717, 1.165) is 25.1 Å². The maximum Gasteiger partial charge on any atom is 0.246 e. The van der Waals surface area contributed by atoms with Crippen molar-refractivity contribution in [2.45, 2.75) is 26.3 Å². The second-order valence-corrected chi connectivity index (χ2v) is 9.11. The summed E-state index contributed by atoms with van der Waals surface area (Å²) in [4.78, 5) is 21.9. The molecule has 1 amide bonds. The van der Waals surface area contributed by atoms with Crippen LogP contribution >= 0.6 is 23.2 Å². The van der Waals surface area contributed by atoms with Crippen LogP contribution in [-0.4, -0.2) is 40.6 Å². The fourth-order valence-corrected chi connectivity index (χ4v) is 4.57. The van der Waals surface area contributed by atoms with Gasteiger partial charge in [-0.3, -0.25) is 4.79 Å². The summed E-state index contributed by atoms with van der Waals surface area (Å²) in [6, 6.07) is 13.5. The third-order valence-electron chi connectivity index (χ3n) is 5.80. The Morgan fingerprint density at radius 1 is 1.27 bits per heavy atom. The monoisotopic (exact) mass is 484 g/mol. The highest BCUT2D eigenvalue weighted by Gasteiger charge is 2.30. The van der Waals surface area contributed by atoms with E-state index < -0.39 is 0 Å². The molecule has 4 rings (SSSR count). The van der Waals surface area contributed by atoms with Crippen molar-refractivity contribution >= 4 is 34.8 Å². The van der Waals surface area contributed by atoms with E-state index in [9.17, 15) is 4.79 Å². The number of halogens is 2. The van der Waals surface area contributed by atoms with E-state index in [1.165, 1.54) is 5.56 Å². The standard InChI is InChI=1S/C25H26Cl2N4O2/c1-3-12-31(16-23-28-24(29-33-23)21-11-8-19(26)14-22(21)27)25(32)18-5-4-13-30(15-18)20-9-6-17(2)7-10-20/h3,6-11,14,18H,1,4-5,12-13,15-16H2,2H3/t18-/m1/s1. The number of hydrogen-bond acceptors (Lipinski definition) is 5. The number of amides is 1. The summed E-state index contributed by atoms with van der Waals surface area (Å²) >= 11 is 12.2. The molecule has 0 N–H and O–H groups in total. The second-order valence-electron chi connectivity index (χ2n) is 8.26. The van der Waals surface area contributed by atoms with Crippen LogP contribution < -0.4 is 4.90 Å². The van der Waals surface area contributed by atoms with Crippen molar-refractivity contribution in [1.82, 2.24) is 15.0 Å². The van der Waals surface area contributed by atoms with Crippen molar-refractivity contribution in [1.29, 1.82) is 0 Å². The molecule has 0 bridgehead atoms. The molecule has 1 saturated heterocycles. The number of aromatic nitrogens is 2. The molecule has 33 heavy (non-hydrogen) atoms. The molecule has 1 fully saturated rings. The second kappa shape index (κ2) is 10.4. The van der Waals surface area contributed by atoms with Crippen LogP contribution in [0.4, 0.5) is 5.69 Å². The van der Waals surface area contributed by atoms with E-state index in [1.807, 2.05) is 0 Å². The molecule has 172 valence electrons. The van der Waals surface area contributed by atoms with Gasteiger partial charge in [0.25, 0.3) is 0 Å². The third-order valence-corrected chi connectivity index (χ3v) is 6.34. The molecule has 0 saturated carbocycles. The fourth-order valence-electron chi connectivity index (χ4n) is 4.08. The molecule has 1 aliphatic rings. The smallest absolute Gasteiger partial charge is 0.246 e. The average molecular weight is 485 g/mol. The molecule has 0 aliphatic carbocycles. The number of rotatable bonds is 7. The lowest BCUT2D eigenvalue weighted by molar-refractivity contribution is -0.136. The van der Waals surface area contributed by atoms with Crippen molar-refractivity contribution in [3.63, 3.8) is 0 Å². The number of anilines is 1. The zero-order valence-corrected chi connectivity index (χ0v) is 20.0. The summed E-state index contributed by atoms with van der Waals surface area (Å²) in [6.45, 7) is 8.13. The van der Waals surface area contributed by atoms with Crippen molar-refractivity contribution in [3.05, 3.63) is 76.6 Å². The van der Waals surface area contributed by atoms with Crippen molar-refractivity contribution in [3.8, 4) is 11.4 Å². The van der Waals surface area contributed by atoms with E-state index in [-0.39, 0.29) is 18.4 Å². The van der Waals surface area contributed by atoms with E-state index in [0.29, 0.717) is 40.4 Å². The first-order valence-electron chi connectivity index (χ1n) is 10.9.